The van der Waals surface area contributed by atoms with Gasteiger partial charge >= 0.3 is 0 Å². The van der Waals surface area contributed by atoms with E-state index in [2.05, 4.69) is 0 Å². The van der Waals surface area contributed by atoms with Gasteiger partial charge in [0.15, 0.2) is 15.6 Å². The van der Waals surface area contributed by atoms with Gasteiger partial charge < -0.3 is 10.2 Å². The van der Waals surface area contributed by atoms with Gasteiger partial charge in [0, 0.05) is 17.4 Å². The van der Waals surface area contributed by atoms with Crippen LogP contribution in [-0.4, -0.2) is 30.7 Å². The molecule has 22 heavy (non-hydrogen) atoms. The Balaban J connectivity index is 2.22. The first-order valence-electron chi connectivity index (χ1n) is 6.32. The number of phenolic OH excluding ortho intramolecular Hbond substituents is 2. The molecular weight excluding hydrogens is 304 g/mol. The van der Waals surface area contributed by atoms with Crippen molar-refractivity contribution in [1.29, 1.82) is 0 Å². The van der Waals surface area contributed by atoms with Crippen molar-refractivity contribution in [3.63, 3.8) is 0 Å². The van der Waals surface area contributed by atoms with Gasteiger partial charge in [0.05, 0.1) is 4.90 Å². The summed E-state index contributed by atoms with van der Waals surface area (Å²) in [7, 11) is -3.30. The second-order valence-electron chi connectivity index (χ2n) is 4.74. The SMILES string of the molecule is CS(=O)(=O)c1ccc(C(=O)/C=C/c2cc(O)ccc2O)cc1. The normalized spacial score (nSPS) is 11.7. The molecule has 2 rings (SSSR count). The van der Waals surface area contributed by atoms with E-state index in [1.165, 1.54) is 54.6 Å². The molecule has 2 N–H and O–H groups in total. The highest BCUT2D eigenvalue weighted by Crippen LogP contribution is 2.23. The third-order valence-corrected chi connectivity index (χ3v) is 4.12. The quantitative estimate of drug-likeness (QED) is 0.513. The minimum Gasteiger partial charge on any atom is -0.508 e. The van der Waals surface area contributed by atoms with Gasteiger partial charge in [-0.05, 0) is 54.6 Å². The third-order valence-electron chi connectivity index (χ3n) is 2.99. The van der Waals surface area contributed by atoms with Gasteiger partial charge in [0.1, 0.15) is 11.5 Å². The molecule has 114 valence electrons. The molecule has 0 bridgehead atoms. The molecule has 0 aliphatic carbocycles. The highest BCUT2D eigenvalue weighted by molar-refractivity contribution is 7.90. The fraction of sp³-hybridized carbons (Fsp3) is 0.0625. The summed E-state index contributed by atoms with van der Waals surface area (Å²) in [5, 5.41) is 18.9. The van der Waals surface area contributed by atoms with Crippen LogP contribution >= 0.6 is 0 Å². The Morgan fingerprint density at radius 1 is 1.05 bits per heavy atom. The molecule has 2 aromatic carbocycles. The Morgan fingerprint density at radius 3 is 2.27 bits per heavy atom. The molecule has 0 atom stereocenters. The molecule has 0 aliphatic heterocycles. The molecule has 0 unspecified atom stereocenters. The van der Waals surface area contributed by atoms with Crippen LogP contribution in [0.3, 0.4) is 0 Å². The van der Waals surface area contributed by atoms with Crippen molar-refractivity contribution in [2.45, 2.75) is 4.90 Å². The van der Waals surface area contributed by atoms with E-state index in [0.717, 1.165) is 6.26 Å². The third kappa shape index (κ3) is 3.73. The minimum atomic E-state index is -3.30. The zero-order valence-electron chi connectivity index (χ0n) is 11.7. The van der Waals surface area contributed by atoms with E-state index in [-0.39, 0.29) is 22.2 Å². The maximum Gasteiger partial charge on any atom is 0.185 e. The van der Waals surface area contributed by atoms with Crippen molar-refractivity contribution < 1.29 is 23.4 Å². The number of hydrogen-bond donors (Lipinski definition) is 2. The lowest BCUT2D eigenvalue weighted by atomic mass is 10.1. The van der Waals surface area contributed by atoms with E-state index < -0.39 is 9.84 Å². The van der Waals surface area contributed by atoms with Crippen molar-refractivity contribution >= 4 is 21.7 Å². The first-order valence-corrected chi connectivity index (χ1v) is 8.21. The Labute approximate surface area is 128 Å². The Bertz CT molecular complexity index is 833. The van der Waals surface area contributed by atoms with Crippen molar-refractivity contribution in [2.24, 2.45) is 0 Å². The van der Waals surface area contributed by atoms with Crippen LogP contribution in [0.5, 0.6) is 11.5 Å². The number of carbonyl (C=O) groups excluding carboxylic acids is 1. The van der Waals surface area contributed by atoms with E-state index in [4.69, 9.17) is 0 Å². The van der Waals surface area contributed by atoms with E-state index in [0.29, 0.717) is 11.1 Å². The maximum absolute atomic E-state index is 12.0. The van der Waals surface area contributed by atoms with Crippen LogP contribution in [0.15, 0.2) is 53.4 Å². The predicted molar refractivity (Wildman–Crippen MR) is 82.7 cm³/mol. The summed E-state index contributed by atoms with van der Waals surface area (Å²) >= 11 is 0. The minimum absolute atomic E-state index is 0.0256. The molecule has 0 aromatic heterocycles. The van der Waals surface area contributed by atoms with Crippen molar-refractivity contribution in [2.75, 3.05) is 6.26 Å². The van der Waals surface area contributed by atoms with Crippen LogP contribution in [0.4, 0.5) is 0 Å². The molecule has 0 amide bonds. The molecule has 0 radical (unpaired) electrons. The van der Waals surface area contributed by atoms with E-state index in [1.54, 1.807) is 0 Å². The van der Waals surface area contributed by atoms with Gasteiger partial charge in [0.25, 0.3) is 0 Å². The number of sulfone groups is 1. The van der Waals surface area contributed by atoms with Gasteiger partial charge in [0.2, 0.25) is 0 Å². The summed E-state index contributed by atoms with van der Waals surface area (Å²) in [5.41, 5.74) is 0.629. The van der Waals surface area contributed by atoms with Gasteiger partial charge in [-0.25, -0.2) is 8.42 Å². The summed E-state index contributed by atoms with van der Waals surface area (Å²) in [4.78, 5) is 12.1. The molecule has 0 fully saturated rings. The number of ketones is 1. The van der Waals surface area contributed by atoms with E-state index in [9.17, 15) is 23.4 Å². The number of phenols is 2. The first kappa shape index (κ1) is 15.8. The highest BCUT2D eigenvalue weighted by Gasteiger charge is 2.08. The van der Waals surface area contributed by atoms with Crippen molar-refractivity contribution in [3.05, 3.63) is 59.7 Å². The first-order chi connectivity index (χ1) is 10.3. The fourth-order valence-corrected chi connectivity index (χ4v) is 2.43. The second kappa shape index (κ2) is 6.03. The number of benzene rings is 2. The van der Waals surface area contributed by atoms with Crippen molar-refractivity contribution in [1.82, 2.24) is 0 Å². The van der Waals surface area contributed by atoms with Crippen LogP contribution in [0, 0.1) is 0 Å². The molecule has 0 aliphatic rings. The molecule has 0 saturated heterocycles. The van der Waals surface area contributed by atoms with Crippen LogP contribution < -0.4 is 0 Å². The average molecular weight is 318 g/mol. The lowest BCUT2D eigenvalue weighted by molar-refractivity contribution is 0.104. The predicted octanol–water partition coefficient (Wildman–Crippen LogP) is 2.40. The zero-order valence-corrected chi connectivity index (χ0v) is 12.5. The van der Waals surface area contributed by atoms with Gasteiger partial charge in [-0.1, -0.05) is 0 Å². The lowest BCUT2D eigenvalue weighted by Crippen LogP contribution is -1.99. The number of aromatic hydroxyl groups is 2. The van der Waals surface area contributed by atoms with Crippen LogP contribution in [0.2, 0.25) is 0 Å². The molecule has 0 heterocycles. The van der Waals surface area contributed by atoms with Crippen molar-refractivity contribution in [3.8, 4) is 11.5 Å². The fourth-order valence-electron chi connectivity index (χ4n) is 1.80. The highest BCUT2D eigenvalue weighted by atomic mass is 32.2. The van der Waals surface area contributed by atoms with Gasteiger partial charge in [-0.2, -0.15) is 0 Å². The summed E-state index contributed by atoms with van der Waals surface area (Å²) in [6, 6.07) is 9.55. The number of allylic oxidation sites excluding steroid dienone is 1. The van der Waals surface area contributed by atoms with E-state index >= 15 is 0 Å². The Kier molecular flexibility index (Phi) is 4.32. The molecular formula is C16H14O5S. The molecule has 5 nitrogen and oxygen atoms in total. The van der Waals surface area contributed by atoms with Gasteiger partial charge in [-0.15, -0.1) is 0 Å². The topological polar surface area (TPSA) is 91.7 Å². The summed E-state index contributed by atoms with van der Waals surface area (Å²) < 4.78 is 22.7. The van der Waals surface area contributed by atoms with Crippen LogP contribution in [0.25, 0.3) is 6.08 Å². The maximum atomic E-state index is 12.0. The molecule has 0 spiro atoms. The van der Waals surface area contributed by atoms with Crippen LogP contribution in [-0.2, 0) is 9.84 Å². The average Bonchev–Trinajstić information content (AvgIpc) is 2.47. The standard InChI is InChI=1S/C16H14O5S/c1-22(20,21)14-6-2-11(3-7-14)15(18)8-4-12-10-13(17)5-9-16(12)19/h2-10,17,19H,1H3/b8-4+. The largest absolute Gasteiger partial charge is 0.508 e. The van der Waals surface area contributed by atoms with E-state index in [1.807, 2.05) is 0 Å². The number of carbonyl (C=O) groups is 1. The summed E-state index contributed by atoms with van der Waals surface area (Å²) in [6.45, 7) is 0. The Morgan fingerprint density at radius 2 is 1.68 bits per heavy atom. The monoisotopic (exact) mass is 318 g/mol. The number of hydrogen-bond acceptors (Lipinski definition) is 5. The summed E-state index contributed by atoms with van der Waals surface area (Å²) in [5.74, 6) is -0.431. The molecule has 2 aromatic rings. The smallest absolute Gasteiger partial charge is 0.185 e. The molecule has 6 heteroatoms. The lowest BCUT2D eigenvalue weighted by Gasteiger charge is -2.01. The number of rotatable bonds is 4. The van der Waals surface area contributed by atoms with Crippen LogP contribution in [0.1, 0.15) is 15.9 Å². The summed E-state index contributed by atoms with van der Waals surface area (Å²) in [6.07, 6.45) is 3.71. The van der Waals surface area contributed by atoms with Gasteiger partial charge in [-0.3, -0.25) is 4.79 Å². The second-order valence-corrected chi connectivity index (χ2v) is 6.75. The Hall–Kier alpha value is -2.60. The zero-order chi connectivity index (χ0) is 16.3. The molecule has 0 saturated carbocycles.